The van der Waals surface area contributed by atoms with Crippen LogP contribution in [0.3, 0.4) is 0 Å². The summed E-state index contributed by atoms with van der Waals surface area (Å²) in [6, 6.07) is 0.231. The summed E-state index contributed by atoms with van der Waals surface area (Å²) in [6.07, 6.45) is 7.31. The maximum absolute atomic E-state index is 12.0. The Balaban J connectivity index is 1.61. The van der Waals surface area contributed by atoms with Crippen LogP contribution in [-0.4, -0.2) is 37.1 Å². The molecule has 0 aliphatic heterocycles. The fourth-order valence-electron chi connectivity index (χ4n) is 3.12. The Hall–Kier alpha value is -1.36. The number of hydrogen-bond acceptors (Lipinski definition) is 3. The van der Waals surface area contributed by atoms with E-state index in [-0.39, 0.29) is 24.0 Å². The van der Waals surface area contributed by atoms with Crippen molar-refractivity contribution >= 4 is 11.8 Å². The number of hydrogen-bond donors (Lipinski definition) is 2. The molecule has 2 amide bonds. The Kier molecular flexibility index (Phi) is 6.43. The minimum Gasteiger partial charge on any atom is -0.369 e. The molecule has 1 atom stereocenters. The van der Waals surface area contributed by atoms with Crippen molar-refractivity contribution in [2.24, 2.45) is 5.92 Å². The molecule has 0 spiro atoms. The minimum absolute atomic E-state index is 0.00653. The summed E-state index contributed by atoms with van der Waals surface area (Å²) in [6.45, 7) is 5.13. The lowest BCUT2D eigenvalue weighted by Gasteiger charge is -2.36. The lowest BCUT2D eigenvalue weighted by Crippen LogP contribution is -2.50. The van der Waals surface area contributed by atoms with E-state index in [9.17, 15) is 9.59 Å². The second-order valence-electron chi connectivity index (χ2n) is 6.23. The van der Waals surface area contributed by atoms with E-state index in [0.717, 1.165) is 37.7 Å². The van der Waals surface area contributed by atoms with E-state index >= 15 is 0 Å². The molecular weight excluding hydrogens is 280 g/mol. The molecule has 0 aromatic heterocycles. The summed E-state index contributed by atoms with van der Waals surface area (Å²) < 4.78 is 5.41. The third kappa shape index (κ3) is 4.57. The molecule has 124 valence electrons. The first-order valence-corrected chi connectivity index (χ1v) is 8.53. The van der Waals surface area contributed by atoms with Crippen LogP contribution in [-0.2, 0) is 14.3 Å². The van der Waals surface area contributed by atoms with E-state index in [1.54, 1.807) is 0 Å². The van der Waals surface area contributed by atoms with Gasteiger partial charge in [-0.3, -0.25) is 9.59 Å². The lowest BCUT2D eigenvalue weighted by atomic mass is 9.80. The number of ether oxygens (including phenoxy) is 1. The molecular formula is C17H28N2O3. The second kappa shape index (κ2) is 8.32. The van der Waals surface area contributed by atoms with E-state index in [2.05, 4.69) is 10.6 Å². The average Bonchev–Trinajstić information content (AvgIpc) is 3.00. The molecule has 1 unspecified atom stereocenters. The Labute approximate surface area is 132 Å². The zero-order chi connectivity index (χ0) is 15.9. The highest BCUT2D eigenvalue weighted by molar-refractivity contribution is 5.93. The molecule has 22 heavy (non-hydrogen) atoms. The van der Waals surface area contributed by atoms with E-state index in [1.807, 2.05) is 19.9 Å². The monoisotopic (exact) mass is 308 g/mol. The predicted molar refractivity (Wildman–Crippen MR) is 85.3 cm³/mol. The minimum atomic E-state index is -0.335. The van der Waals surface area contributed by atoms with Gasteiger partial charge in [-0.1, -0.05) is 13.0 Å². The highest BCUT2D eigenvalue weighted by Crippen LogP contribution is 2.27. The summed E-state index contributed by atoms with van der Waals surface area (Å²) in [7, 11) is 0. The van der Waals surface area contributed by atoms with Crippen LogP contribution < -0.4 is 10.6 Å². The van der Waals surface area contributed by atoms with Crippen LogP contribution >= 0.6 is 0 Å². The van der Waals surface area contributed by atoms with Crippen molar-refractivity contribution < 1.29 is 14.3 Å². The number of carbonyl (C=O) groups is 2. The number of rotatable bonds is 8. The molecule has 2 aliphatic rings. The van der Waals surface area contributed by atoms with Gasteiger partial charge < -0.3 is 15.4 Å². The topological polar surface area (TPSA) is 67.4 Å². The van der Waals surface area contributed by atoms with Gasteiger partial charge in [0.25, 0.3) is 0 Å². The number of amides is 2. The average molecular weight is 308 g/mol. The number of allylic oxidation sites excluding steroid dienone is 1. The van der Waals surface area contributed by atoms with Crippen molar-refractivity contribution in [2.45, 2.75) is 64.5 Å². The maximum atomic E-state index is 12.0. The summed E-state index contributed by atoms with van der Waals surface area (Å²) in [5.41, 5.74) is 0.937. The van der Waals surface area contributed by atoms with Crippen LogP contribution in [0.25, 0.3) is 0 Å². The molecule has 1 fully saturated rings. The van der Waals surface area contributed by atoms with Crippen LogP contribution in [0, 0.1) is 5.92 Å². The van der Waals surface area contributed by atoms with Crippen molar-refractivity contribution in [3.8, 4) is 0 Å². The van der Waals surface area contributed by atoms with E-state index in [4.69, 9.17) is 4.74 Å². The molecule has 5 nitrogen and oxygen atoms in total. The highest BCUT2D eigenvalue weighted by Gasteiger charge is 2.32. The summed E-state index contributed by atoms with van der Waals surface area (Å²) in [5.74, 6) is 0.559. The van der Waals surface area contributed by atoms with Gasteiger partial charge in [-0.15, -0.1) is 0 Å². The fraction of sp³-hybridized carbons (Fsp3) is 0.765. The standard InChI is InChI=1S/C17H28N2O3/c1-3-15(22-4-2)17(21)19-14-9-12(10-14)11-18-16(20)13-7-5-6-8-13/h7,12,14-15H,3-6,8-11H2,1-2H3,(H,18,20)(H,19,21). The molecule has 2 N–H and O–H groups in total. The lowest BCUT2D eigenvalue weighted by molar-refractivity contribution is -0.134. The Bertz CT molecular complexity index is 428. The van der Waals surface area contributed by atoms with E-state index in [1.165, 1.54) is 0 Å². The quantitative estimate of drug-likeness (QED) is 0.720. The summed E-state index contributed by atoms with van der Waals surface area (Å²) in [5, 5.41) is 6.05. The van der Waals surface area contributed by atoms with E-state index < -0.39 is 0 Å². The normalized spacial score (nSPS) is 25.1. The van der Waals surface area contributed by atoms with Gasteiger partial charge in [-0.2, -0.15) is 0 Å². The molecule has 0 radical (unpaired) electrons. The van der Waals surface area contributed by atoms with Gasteiger partial charge in [0, 0.05) is 24.8 Å². The van der Waals surface area contributed by atoms with Crippen LogP contribution in [0.5, 0.6) is 0 Å². The highest BCUT2D eigenvalue weighted by atomic mass is 16.5. The van der Waals surface area contributed by atoms with Gasteiger partial charge >= 0.3 is 0 Å². The van der Waals surface area contributed by atoms with Crippen molar-refractivity contribution in [3.05, 3.63) is 11.6 Å². The second-order valence-corrected chi connectivity index (χ2v) is 6.23. The van der Waals surface area contributed by atoms with Crippen molar-refractivity contribution in [2.75, 3.05) is 13.2 Å². The van der Waals surface area contributed by atoms with E-state index in [0.29, 0.717) is 25.5 Å². The maximum Gasteiger partial charge on any atom is 0.249 e. The van der Waals surface area contributed by atoms with Gasteiger partial charge in [0.1, 0.15) is 6.10 Å². The number of nitrogens with one attached hydrogen (secondary N) is 2. The molecule has 0 heterocycles. The molecule has 2 rings (SSSR count). The zero-order valence-corrected chi connectivity index (χ0v) is 13.7. The Morgan fingerprint density at radius 2 is 2.14 bits per heavy atom. The molecule has 1 saturated carbocycles. The van der Waals surface area contributed by atoms with Gasteiger partial charge in [-0.25, -0.2) is 0 Å². The zero-order valence-electron chi connectivity index (χ0n) is 13.7. The van der Waals surface area contributed by atoms with Gasteiger partial charge in [0.05, 0.1) is 0 Å². The molecule has 2 aliphatic carbocycles. The van der Waals surface area contributed by atoms with Crippen molar-refractivity contribution in [1.82, 2.24) is 10.6 Å². The van der Waals surface area contributed by atoms with Crippen molar-refractivity contribution in [1.29, 1.82) is 0 Å². The largest absolute Gasteiger partial charge is 0.369 e. The SMILES string of the molecule is CCOC(CC)C(=O)NC1CC(CNC(=O)C2=CCCC2)C1. The van der Waals surface area contributed by atoms with Crippen molar-refractivity contribution in [3.63, 3.8) is 0 Å². The molecule has 5 heteroatoms. The summed E-state index contributed by atoms with van der Waals surface area (Å²) >= 11 is 0. The predicted octanol–water partition coefficient (Wildman–Crippen LogP) is 1.92. The van der Waals surface area contributed by atoms with Crippen LogP contribution in [0.1, 0.15) is 52.4 Å². The Morgan fingerprint density at radius 3 is 2.73 bits per heavy atom. The molecule has 0 aromatic carbocycles. The van der Waals surface area contributed by atoms with Crippen LogP contribution in [0.4, 0.5) is 0 Å². The third-order valence-corrected chi connectivity index (χ3v) is 4.50. The smallest absolute Gasteiger partial charge is 0.249 e. The first-order valence-electron chi connectivity index (χ1n) is 8.53. The first-order chi connectivity index (χ1) is 10.6. The fourth-order valence-corrected chi connectivity index (χ4v) is 3.12. The van der Waals surface area contributed by atoms with Gasteiger partial charge in [-0.05, 0) is 51.4 Å². The Morgan fingerprint density at radius 1 is 1.36 bits per heavy atom. The molecule has 0 aromatic rings. The van der Waals surface area contributed by atoms with Crippen LogP contribution in [0.15, 0.2) is 11.6 Å². The van der Waals surface area contributed by atoms with Gasteiger partial charge in [0.15, 0.2) is 0 Å². The summed E-state index contributed by atoms with van der Waals surface area (Å²) in [4.78, 5) is 23.9. The number of carbonyl (C=O) groups excluding carboxylic acids is 2. The first kappa shape index (κ1) is 17.0. The molecule has 0 saturated heterocycles. The van der Waals surface area contributed by atoms with Gasteiger partial charge in [0.2, 0.25) is 11.8 Å². The van der Waals surface area contributed by atoms with Crippen LogP contribution in [0.2, 0.25) is 0 Å². The third-order valence-electron chi connectivity index (χ3n) is 4.50. The molecule has 0 bridgehead atoms.